The van der Waals surface area contributed by atoms with Crippen LogP contribution in [0.4, 0.5) is 0 Å². The van der Waals surface area contributed by atoms with E-state index < -0.39 is 0 Å². The molecule has 0 N–H and O–H groups in total. The molecule has 2 nitrogen and oxygen atoms in total. The van der Waals surface area contributed by atoms with E-state index in [0.29, 0.717) is 0 Å². The largest absolute Gasteiger partial charge is 0.294 e. The summed E-state index contributed by atoms with van der Waals surface area (Å²) in [5.74, 6) is 1.15. The topological polar surface area (TPSA) is 8.81 Å². The monoisotopic (exact) mass is 537 g/mol. The summed E-state index contributed by atoms with van der Waals surface area (Å²) in [4.78, 5) is 0. The number of hydrogen-bond donors (Lipinski definition) is 0. The maximum atomic E-state index is 2.41. The van der Waals surface area contributed by atoms with Crippen molar-refractivity contribution >= 4 is 32.6 Å². The zero-order valence-electron chi connectivity index (χ0n) is 23.4. The van der Waals surface area contributed by atoms with Gasteiger partial charge >= 0.3 is 0 Å². The molecule has 2 heteroatoms. The third-order valence-corrected chi connectivity index (χ3v) is 8.44. The molecule has 0 saturated heterocycles. The van der Waals surface area contributed by atoms with E-state index in [1.54, 1.807) is 0 Å². The standard InChI is InChI=1S/C40H29N2/c1-41-36-23-13-14-24-37(36)42(31-19-9-4-10-20-31)40(41)30-25-26-34-35(27-30)39(29-17-7-3-8-18-29)33-22-12-11-21-32(33)38(34)28-15-5-2-6-16-28/h2-27H,1H3/q+1. The van der Waals surface area contributed by atoms with Crippen LogP contribution < -0.4 is 4.57 Å². The highest BCUT2D eigenvalue weighted by Gasteiger charge is 2.27. The number of benzene rings is 7. The molecule has 0 atom stereocenters. The second kappa shape index (κ2) is 9.87. The van der Waals surface area contributed by atoms with Gasteiger partial charge in [0.1, 0.15) is 5.69 Å². The highest BCUT2D eigenvalue weighted by Crippen LogP contribution is 2.44. The molecule has 8 rings (SSSR count). The van der Waals surface area contributed by atoms with Gasteiger partial charge in [-0.1, -0.05) is 121 Å². The number of imidazole rings is 1. The molecule has 0 unspecified atom stereocenters. The first-order chi connectivity index (χ1) is 20.8. The lowest BCUT2D eigenvalue weighted by Gasteiger charge is -2.18. The van der Waals surface area contributed by atoms with Gasteiger partial charge in [-0.2, -0.15) is 4.57 Å². The molecule has 7 aromatic carbocycles. The maximum Gasteiger partial charge on any atom is 0.294 e. The summed E-state index contributed by atoms with van der Waals surface area (Å²) in [7, 11) is 2.18. The summed E-state index contributed by atoms with van der Waals surface area (Å²) < 4.78 is 4.71. The van der Waals surface area contributed by atoms with Crippen LogP contribution in [0.3, 0.4) is 0 Å². The van der Waals surface area contributed by atoms with Crippen LogP contribution in [0.1, 0.15) is 0 Å². The Kier molecular flexibility index (Phi) is 5.72. The van der Waals surface area contributed by atoms with Crippen molar-refractivity contribution in [2.24, 2.45) is 7.05 Å². The minimum atomic E-state index is 1.15. The van der Waals surface area contributed by atoms with Crippen LogP contribution in [0.2, 0.25) is 0 Å². The highest BCUT2D eigenvalue weighted by atomic mass is 15.2. The zero-order chi connectivity index (χ0) is 28.0. The van der Waals surface area contributed by atoms with E-state index in [4.69, 9.17) is 0 Å². The Hall–Kier alpha value is -5.47. The minimum absolute atomic E-state index is 1.15. The second-order valence-corrected chi connectivity index (χ2v) is 10.8. The molecule has 1 heterocycles. The van der Waals surface area contributed by atoms with E-state index in [-0.39, 0.29) is 0 Å². The lowest BCUT2D eigenvalue weighted by Crippen LogP contribution is -2.30. The molecule has 0 radical (unpaired) electrons. The van der Waals surface area contributed by atoms with E-state index >= 15 is 0 Å². The molecule has 1 aromatic heterocycles. The fourth-order valence-electron chi connectivity index (χ4n) is 6.63. The van der Waals surface area contributed by atoms with E-state index in [0.717, 1.165) is 11.5 Å². The number of aryl methyl sites for hydroxylation is 1. The van der Waals surface area contributed by atoms with Gasteiger partial charge in [0.25, 0.3) is 5.82 Å². The molecular formula is C40H29N2+. The van der Waals surface area contributed by atoms with Crippen molar-refractivity contribution in [2.75, 3.05) is 0 Å². The van der Waals surface area contributed by atoms with Gasteiger partial charge in [0.05, 0.1) is 12.6 Å². The fraction of sp³-hybridized carbons (Fsp3) is 0.0250. The second-order valence-electron chi connectivity index (χ2n) is 10.8. The van der Waals surface area contributed by atoms with Crippen molar-refractivity contribution in [2.45, 2.75) is 0 Å². The lowest BCUT2D eigenvalue weighted by atomic mass is 9.85. The Bertz CT molecular complexity index is 2230. The Morgan fingerprint density at radius 1 is 0.429 bits per heavy atom. The number of hydrogen-bond acceptors (Lipinski definition) is 0. The van der Waals surface area contributed by atoms with Gasteiger partial charge in [-0.25, -0.2) is 4.57 Å². The molecule has 42 heavy (non-hydrogen) atoms. The summed E-state index contributed by atoms with van der Waals surface area (Å²) in [6.45, 7) is 0. The number of rotatable bonds is 4. The van der Waals surface area contributed by atoms with Crippen LogP contribution in [0.15, 0.2) is 158 Å². The molecule has 0 fully saturated rings. The smallest absolute Gasteiger partial charge is 0.225 e. The van der Waals surface area contributed by atoms with Crippen LogP contribution in [-0.4, -0.2) is 4.57 Å². The van der Waals surface area contributed by atoms with Crippen molar-refractivity contribution in [3.05, 3.63) is 158 Å². The fourth-order valence-corrected chi connectivity index (χ4v) is 6.63. The normalized spacial score (nSPS) is 11.5. The van der Waals surface area contributed by atoms with Crippen LogP contribution in [0, 0.1) is 0 Å². The van der Waals surface area contributed by atoms with Gasteiger partial charge in [-0.15, -0.1) is 0 Å². The zero-order valence-corrected chi connectivity index (χ0v) is 23.4. The summed E-state index contributed by atoms with van der Waals surface area (Å²) >= 11 is 0. The molecule has 0 aliphatic carbocycles. The highest BCUT2D eigenvalue weighted by molar-refractivity contribution is 6.21. The van der Waals surface area contributed by atoms with Crippen LogP contribution in [0.25, 0.3) is 71.9 Å². The van der Waals surface area contributed by atoms with Gasteiger partial charge < -0.3 is 0 Å². The first kappa shape index (κ1) is 24.3. The molecule has 0 aliphatic heterocycles. The predicted octanol–water partition coefficient (Wildman–Crippen LogP) is 9.76. The molecule has 8 aromatic rings. The molecule has 198 valence electrons. The molecular weight excluding hydrogens is 508 g/mol. The van der Waals surface area contributed by atoms with E-state index in [1.165, 1.54) is 60.4 Å². The number of nitrogens with zero attached hydrogens (tertiary/aromatic N) is 2. The van der Waals surface area contributed by atoms with Crippen molar-refractivity contribution in [1.29, 1.82) is 0 Å². The molecule has 0 spiro atoms. The number of fused-ring (bicyclic) bond motifs is 3. The Balaban J connectivity index is 1.53. The number of aromatic nitrogens is 2. The molecule has 0 bridgehead atoms. The lowest BCUT2D eigenvalue weighted by molar-refractivity contribution is -0.633. The van der Waals surface area contributed by atoms with E-state index in [9.17, 15) is 0 Å². The third kappa shape index (κ3) is 3.77. The van der Waals surface area contributed by atoms with Crippen molar-refractivity contribution < 1.29 is 4.57 Å². The van der Waals surface area contributed by atoms with Gasteiger partial charge in [-0.05, 0) is 80.2 Å². The predicted molar refractivity (Wildman–Crippen MR) is 176 cm³/mol. The molecule has 0 amide bonds. The van der Waals surface area contributed by atoms with Gasteiger partial charge in [0.2, 0.25) is 0 Å². The summed E-state index contributed by atoms with van der Waals surface area (Å²) in [6, 6.07) is 56.9. The van der Waals surface area contributed by atoms with Crippen LogP contribution in [-0.2, 0) is 7.05 Å². The first-order valence-corrected chi connectivity index (χ1v) is 14.4. The number of para-hydroxylation sites is 3. The van der Waals surface area contributed by atoms with Crippen LogP contribution in [0.5, 0.6) is 0 Å². The first-order valence-electron chi connectivity index (χ1n) is 14.4. The third-order valence-electron chi connectivity index (χ3n) is 8.44. The summed E-state index contributed by atoms with van der Waals surface area (Å²) in [6.07, 6.45) is 0. The molecule has 0 aliphatic rings. The van der Waals surface area contributed by atoms with Crippen molar-refractivity contribution in [3.8, 4) is 39.3 Å². The minimum Gasteiger partial charge on any atom is -0.225 e. The van der Waals surface area contributed by atoms with Crippen LogP contribution >= 0.6 is 0 Å². The molecule has 0 saturated carbocycles. The van der Waals surface area contributed by atoms with Gasteiger partial charge in [0.15, 0.2) is 11.0 Å². The Morgan fingerprint density at radius 3 is 1.57 bits per heavy atom. The Morgan fingerprint density at radius 2 is 0.929 bits per heavy atom. The van der Waals surface area contributed by atoms with Gasteiger partial charge in [-0.3, -0.25) is 0 Å². The van der Waals surface area contributed by atoms with Crippen molar-refractivity contribution in [1.82, 2.24) is 4.57 Å². The summed E-state index contributed by atoms with van der Waals surface area (Å²) in [5.41, 5.74) is 9.72. The maximum absolute atomic E-state index is 2.41. The average molecular weight is 538 g/mol. The van der Waals surface area contributed by atoms with Crippen molar-refractivity contribution in [3.63, 3.8) is 0 Å². The van der Waals surface area contributed by atoms with E-state index in [1.807, 2.05) is 0 Å². The SMILES string of the molecule is C[n+]1c(-c2ccc3c(-c4ccccc4)c4ccccc4c(-c4ccccc4)c3c2)n(-c2ccccc2)c2ccccc21. The summed E-state index contributed by atoms with van der Waals surface area (Å²) in [5, 5.41) is 5.04. The van der Waals surface area contributed by atoms with Gasteiger partial charge in [0, 0.05) is 0 Å². The quantitative estimate of drug-likeness (QED) is 0.156. The Labute approximate surface area is 245 Å². The van der Waals surface area contributed by atoms with E-state index in [2.05, 4.69) is 174 Å². The average Bonchev–Trinajstić information content (AvgIpc) is 3.36.